The van der Waals surface area contributed by atoms with Gasteiger partial charge in [-0.2, -0.15) is 0 Å². The zero-order valence-electron chi connectivity index (χ0n) is 7.43. The van der Waals surface area contributed by atoms with Gasteiger partial charge < -0.3 is 4.90 Å². The average Bonchev–Trinajstić information content (AvgIpc) is 1.88. The lowest BCUT2D eigenvalue weighted by Crippen LogP contribution is -2.39. The Hall–Kier alpha value is -0.0400. The maximum absolute atomic E-state index is 2.51. The molecule has 0 aliphatic carbocycles. The Morgan fingerprint density at radius 1 is 1.30 bits per heavy atom. The normalized spacial score (nSPS) is 29.4. The van der Waals surface area contributed by atoms with Crippen LogP contribution in [0.4, 0.5) is 0 Å². The molecule has 0 radical (unpaired) electrons. The van der Waals surface area contributed by atoms with Gasteiger partial charge in [-0.25, -0.2) is 0 Å². The molecule has 1 rings (SSSR count). The molecule has 0 aromatic heterocycles. The van der Waals surface area contributed by atoms with Crippen molar-refractivity contribution in [1.29, 1.82) is 0 Å². The first kappa shape index (κ1) is 8.06. The Morgan fingerprint density at radius 2 is 2.00 bits per heavy atom. The fourth-order valence-corrected chi connectivity index (χ4v) is 1.94. The van der Waals surface area contributed by atoms with E-state index in [-0.39, 0.29) is 0 Å². The van der Waals surface area contributed by atoms with Crippen LogP contribution in [0.15, 0.2) is 0 Å². The van der Waals surface area contributed by atoms with Gasteiger partial charge >= 0.3 is 0 Å². The first-order valence-electron chi connectivity index (χ1n) is 4.42. The van der Waals surface area contributed by atoms with E-state index in [1.54, 1.807) is 0 Å². The number of piperidine rings is 1. The predicted molar refractivity (Wildman–Crippen MR) is 45.1 cm³/mol. The monoisotopic (exact) mass is 141 g/mol. The standard InChI is InChI=1S/C9H19N/c1-8(2)9-6-4-5-7-10(9)3/h8-9H,4-7H2,1-3H3. The second-order valence-corrected chi connectivity index (χ2v) is 3.79. The van der Waals surface area contributed by atoms with Crippen molar-refractivity contribution >= 4 is 0 Å². The number of hydrogen-bond acceptors (Lipinski definition) is 1. The fourth-order valence-electron chi connectivity index (χ4n) is 1.94. The van der Waals surface area contributed by atoms with Crippen molar-refractivity contribution in [2.45, 2.75) is 39.2 Å². The number of nitrogens with zero attached hydrogens (tertiary/aromatic N) is 1. The highest BCUT2D eigenvalue weighted by molar-refractivity contribution is 4.76. The lowest BCUT2D eigenvalue weighted by Gasteiger charge is -2.35. The number of rotatable bonds is 1. The van der Waals surface area contributed by atoms with Gasteiger partial charge in [0.2, 0.25) is 0 Å². The van der Waals surface area contributed by atoms with Gasteiger partial charge in [0.25, 0.3) is 0 Å². The molecule has 0 saturated carbocycles. The molecule has 60 valence electrons. The second-order valence-electron chi connectivity index (χ2n) is 3.79. The highest BCUT2D eigenvalue weighted by atomic mass is 15.1. The highest BCUT2D eigenvalue weighted by Crippen LogP contribution is 2.20. The van der Waals surface area contributed by atoms with E-state index >= 15 is 0 Å². The molecule has 1 aliphatic heterocycles. The van der Waals surface area contributed by atoms with E-state index in [9.17, 15) is 0 Å². The molecular weight excluding hydrogens is 122 g/mol. The van der Waals surface area contributed by atoms with Crippen molar-refractivity contribution in [2.24, 2.45) is 5.92 Å². The molecule has 0 N–H and O–H groups in total. The first-order chi connectivity index (χ1) is 4.72. The van der Waals surface area contributed by atoms with E-state index in [0.717, 1.165) is 12.0 Å². The van der Waals surface area contributed by atoms with Crippen LogP contribution in [0.25, 0.3) is 0 Å². The summed E-state index contributed by atoms with van der Waals surface area (Å²) in [4.78, 5) is 2.51. The molecule has 0 amide bonds. The number of likely N-dealkylation sites (tertiary alicyclic amines) is 1. The Bertz CT molecular complexity index is 98.9. The largest absolute Gasteiger partial charge is 0.303 e. The van der Waals surface area contributed by atoms with Gasteiger partial charge in [0, 0.05) is 6.04 Å². The zero-order valence-corrected chi connectivity index (χ0v) is 7.43. The van der Waals surface area contributed by atoms with Gasteiger partial charge in [0.05, 0.1) is 0 Å². The zero-order chi connectivity index (χ0) is 7.56. The Balaban J connectivity index is 2.40. The summed E-state index contributed by atoms with van der Waals surface area (Å²) in [6, 6.07) is 0.855. The molecule has 1 aliphatic rings. The van der Waals surface area contributed by atoms with Gasteiger partial charge in [0.1, 0.15) is 0 Å². The molecule has 0 bridgehead atoms. The summed E-state index contributed by atoms with van der Waals surface area (Å²) >= 11 is 0. The maximum atomic E-state index is 2.51. The van der Waals surface area contributed by atoms with Crippen molar-refractivity contribution in [3.63, 3.8) is 0 Å². The molecule has 1 nitrogen and oxygen atoms in total. The molecule has 1 atom stereocenters. The highest BCUT2D eigenvalue weighted by Gasteiger charge is 2.20. The maximum Gasteiger partial charge on any atom is 0.0115 e. The predicted octanol–water partition coefficient (Wildman–Crippen LogP) is 2.13. The molecule has 1 heteroatoms. The molecule has 0 spiro atoms. The van der Waals surface area contributed by atoms with Crippen LogP contribution in [0.1, 0.15) is 33.1 Å². The van der Waals surface area contributed by atoms with E-state index in [1.807, 2.05) is 0 Å². The fraction of sp³-hybridized carbons (Fsp3) is 1.00. The van der Waals surface area contributed by atoms with E-state index in [0.29, 0.717) is 0 Å². The van der Waals surface area contributed by atoms with E-state index in [2.05, 4.69) is 25.8 Å². The third-order valence-corrected chi connectivity index (χ3v) is 2.60. The van der Waals surface area contributed by atoms with Crippen LogP contribution in [0.2, 0.25) is 0 Å². The summed E-state index contributed by atoms with van der Waals surface area (Å²) in [6.07, 6.45) is 4.25. The van der Waals surface area contributed by atoms with E-state index < -0.39 is 0 Å². The number of hydrogen-bond donors (Lipinski definition) is 0. The van der Waals surface area contributed by atoms with Gasteiger partial charge in [0.15, 0.2) is 0 Å². The third kappa shape index (κ3) is 1.72. The molecule has 10 heavy (non-hydrogen) atoms. The van der Waals surface area contributed by atoms with Crippen LogP contribution in [0, 0.1) is 5.92 Å². The topological polar surface area (TPSA) is 3.24 Å². The summed E-state index contributed by atoms with van der Waals surface area (Å²) in [7, 11) is 2.25. The smallest absolute Gasteiger partial charge is 0.0115 e. The van der Waals surface area contributed by atoms with Crippen molar-refractivity contribution in [2.75, 3.05) is 13.6 Å². The van der Waals surface area contributed by atoms with Crippen molar-refractivity contribution in [3.05, 3.63) is 0 Å². The summed E-state index contributed by atoms with van der Waals surface area (Å²) in [5.41, 5.74) is 0. The van der Waals surface area contributed by atoms with Gasteiger partial charge in [-0.1, -0.05) is 20.3 Å². The minimum atomic E-state index is 0.838. The molecule has 1 fully saturated rings. The van der Waals surface area contributed by atoms with E-state index in [1.165, 1.54) is 25.8 Å². The average molecular weight is 141 g/mol. The van der Waals surface area contributed by atoms with Gasteiger partial charge in [-0.05, 0) is 32.4 Å². The van der Waals surface area contributed by atoms with Crippen LogP contribution in [0.3, 0.4) is 0 Å². The minimum absolute atomic E-state index is 0.838. The molecular formula is C9H19N. The Labute approximate surface area is 64.4 Å². The van der Waals surface area contributed by atoms with E-state index in [4.69, 9.17) is 0 Å². The van der Waals surface area contributed by atoms with Crippen LogP contribution in [-0.4, -0.2) is 24.5 Å². The van der Waals surface area contributed by atoms with Crippen LogP contribution in [0.5, 0.6) is 0 Å². The lowest BCUT2D eigenvalue weighted by atomic mass is 9.93. The Morgan fingerprint density at radius 3 is 2.40 bits per heavy atom. The summed E-state index contributed by atoms with van der Waals surface area (Å²) < 4.78 is 0. The molecule has 1 saturated heterocycles. The molecule has 1 heterocycles. The van der Waals surface area contributed by atoms with Crippen molar-refractivity contribution in [3.8, 4) is 0 Å². The summed E-state index contributed by atoms with van der Waals surface area (Å²) in [6.45, 7) is 5.96. The van der Waals surface area contributed by atoms with Crippen LogP contribution in [-0.2, 0) is 0 Å². The quantitative estimate of drug-likeness (QED) is 0.540. The van der Waals surface area contributed by atoms with Crippen LogP contribution < -0.4 is 0 Å². The molecule has 0 aromatic carbocycles. The lowest BCUT2D eigenvalue weighted by molar-refractivity contribution is 0.144. The van der Waals surface area contributed by atoms with Gasteiger partial charge in [-0.15, -0.1) is 0 Å². The minimum Gasteiger partial charge on any atom is -0.303 e. The van der Waals surface area contributed by atoms with Crippen molar-refractivity contribution < 1.29 is 0 Å². The van der Waals surface area contributed by atoms with Crippen LogP contribution >= 0.6 is 0 Å². The molecule has 1 unspecified atom stereocenters. The summed E-state index contributed by atoms with van der Waals surface area (Å²) in [5, 5.41) is 0. The summed E-state index contributed by atoms with van der Waals surface area (Å²) in [5.74, 6) is 0.838. The first-order valence-corrected chi connectivity index (χ1v) is 4.42. The van der Waals surface area contributed by atoms with Gasteiger partial charge in [-0.3, -0.25) is 0 Å². The SMILES string of the molecule is CC(C)C1CCCCN1C. The third-order valence-electron chi connectivity index (χ3n) is 2.60. The Kier molecular flexibility index (Phi) is 2.72. The molecule has 0 aromatic rings. The second kappa shape index (κ2) is 3.38. The van der Waals surface area contributed by atoms with Crippen molar-refractivity contribution in [1.82, 2.24) is 4.90 Å².